The molecule has 104 valence electrons. The fourth-order valence-electron chi connectivity index (χ4n) is 3.76. The molecule has 3 atom stereocenters. The molecule has 0 saturated heterocycles. The third-order valence-electron chi connectivity index (χ3n) is 4.62. The van der Waals surface area contributed by atoms with Crippen molar-refractivity contribution in [3.05, 3.63) is 11.8 Å². The van der Waals surface area contributed by atoms with Gasteiger partial charge in [0.15, 0.2) is 0 Å². The van der Waals surface area contributed by atoms with Crippen molar-refractivity contribution in [1.29, 1.82) is 0 Å². The summed E-state index contributed by atoms with van der Waals surface area (Å²) in [6.45, 7) is 6.01. The summed E-state index contributed by atoms with van der Waals surface area (Å²) in [7, 11) is 0. The van der Waals surface area contributed by atoms with Crippen LogP contribution in [0.2, 0.25) is 0 Å². The van der Waals surface area contributed by atoms with E-state index in [2.05, 4.69) is 27.5 Å². The maximum atomic E-state index is 4.51. The normalized spacial score (nSPS) is 28.6. The van der Waals surface area contributed by atoms with Crippen molar-refractivity contribution in [3.8, 4) is 0 Å². The zero-order valence-corrected chi connectivity index (χ0v) is 11.9. The molecule has 0 spiro atoms. The quantitative estimate of drug-likeness (QED) is 0.854. The number of nitrogens with zero attached hydrogens (tertiary/aromatic N) is 2. The third kappa shape index (κ3) is 2.82. The molecule has 1 aromatic heterocycles. The molecule has 0 aliphatic heterocycles. The van der Waals surface area contributed by atoms with Crippen LogP contribution in [0.1, 0.15) is 38.3 Å². The summed E-state index contributed by atoms with van der Waals surface area (Å²) in [5.74, 6) is 4.54. The van der Waals surface area contributed by atoms with Gasteiger partial charge in [-0.3, -0.25) is 0 Å². The van der Waals surface area contributed by atoms with E-state index < -0.39 is 0 Å². The molecule has 19 heavy (non-hydrogen) atoms. The van der Waals surface area contributed by atoms with Gasteiger partial charge in [-0.2, -0.15) is 4.98 Å². The van der Waals surface area contributed by atoms with Gasteiger partial charge in [0.25, 0.3) is 0 Å². The number of aromatic nitrogens is 2. The SMILES string of the molecule is CCNc1nc(C)cc(NCC2CC3CCC2C3)n1. The largest absolute Gasteiger partial charge is 0.370 e. The molecule has 1 aromatic rings. The minimum absolute atomic E-state index is 0.734. The second-order valence-corrected chi connectivity index (χ2v) is 6.06. The van der Waals surface area contributed by atoms with Crippen molar-refractivity contribution in [1.82, 2.24) is 9.97 Å². The molecule has 2 N–H and O–H groups in total. The fraction of sp³-hybridized carbons (Fsp3) is 0.733. The number of rotatable bonds is 5. The molecular weight excluding hydrogens is 236 g/mol. The maximum Gasteiger partial charge on any atom is 0.224 e. The van der Waals surface area contributed by atoms with E-state index in [0.717, 1.165) is 48.3 Å². The lowest BCUT2D eigenvalue weighted by Gasteiger charge is -2.22. The second kappa shape index (κ2) is 5.35. The highest BCUT2D eigenvalue weighted by molar-refractivity contribution is 5.42. The van der Waals surface area contributed by atoms with Crippen molar-refractivity contribution in [2.24, 2.45) is 17.8 Å². The summed E-state index contributed by atoms with van der Waals surface area (Å²) < 4.78 is 0. The standard InChI is InChI=1S/C15H24N4/c1-3-16-15-18-10(2)6-14(19-15)17-9-13-8-11-4-5-12(13)7-11/h6,11-13H,3-5,7-9H2,1-2H3,(H2,16,17,18,19). The Morgan fingerprint density at radius 1 is 1.21 bits per heavy atom. The lowest BCUT2D eigenvalue weighted by molar-refractivity contribution is 0.348. The molecule has 2 fully saturated rings. The molecule has 3 rings (SSSR count). The van der Waals surface area contributed by atoms with Crippen LogP contribution >= 0.6 is 0 Å². The predicted octanol–water partition coefficient (Wildman–Crippen LogP) is 3.06. The Balaban J connectivity index is 1.60. The van der Waals surface area contributed by atoms with E-state index in [4.69, 9.17) is 0 Å². The van der Waals surface area contributed by atoms with Gasteiger partial charge in [0.2, 0.25) is 5.95 Å². The first-order valence-electron chi connectivity index (χ1n) is 7.58. The van der Waals surface area contributed by atoms with Gasteiger partial charge in [0.1, 0.15) is 5.82 Å². The molecule has 2 bridgehead atoms. The molecular formula is C15H24N4. The average Bonchev–Trinajstić information content (AvgIpc) is 2.98. The average molecular weight is 260 g/mol. The number of fused-ring (bicyclic) bond motifs is 2. The van der Waals surface area contributed by atoms with Crippen LogP contribution in [0.25, 0.3) is 0 Å². The number of aryl methyl sites for hydroxylation is 1. The topological polar surface area (TPSA) is 49.8 Å². The molecule has 2 saturated carbocycles. The number of hydrogen-bond donors (Lipinski definition) is 2. The number of nitrogens with one attached hydrogen (secondary N) is 2. The first-order valence-corrected chi connectivity index (χ1v) is 7.58. The van der Waals surface area contributed by atoms with Gasteiger partial charge in [-0.15, -0.1) is 0 Å². The molecule has 2 aliphatic rings. The Morgan fingerprint density at radius 2 is 2.11 bits per heavy atom. The Morgan fingerprint density at radius 3 is 2.79 bits per heavy atom. The van der Waals surface area contributed by atoms with E-state index >= 15 is 0 Å². The van der Waals surface area contributed by atoms with Crippen molar-refractivity contribution in [2.75, 3.05) is 23.7 Å². The molecule has 3 unspecified atom stereocenters. The van der Waals surface area contributed by atoms with Crippen LogP contribution in [-0.2, 0) is 0 Å². The third-order valence-corrected chi connectivity index (χ3v) is 4.62. The summed E-state index contributed by atoms with van der Waals surface area (Å²) in [6.07, 6.45) is 5.81. The van der Waals surface area contributed by atoms with E-state index in [0.29, 0.717) is 0 Å². The van der Waals surface area contributed by atoms with E-state index in [1.165, 1.54) is 25.7 Å². The Labute approximate surface area is 115 Å². The Bertz CT molecular complexity index is 446. The lowest BCUT2D eigenvalue weighted by Crippen LogP contribution is -2.20. The van der Waals surface area contributed by atoms with E-state index in [1.54, 1.807) is 0 Å². The summed E-state index contributed by atoms with van der Waals surface area (Å²) in [5, 5.41) is 6.70. The first-order chi connectivity index (χ1) is 9.24. The van der Waals surface area contributed by atoms with Crippen LogP contribution in [0, 0.1) is 24.7 Å². The van der Waals surface area contributed by atoms with Gasteiger partial charge in [-0.1, -0.05) is 6.42 Å². The van der Waals surface area contributed by atoms with Crippen molar-refractivity contribution in [3.63, 3.8) is 0 Å². The predicted molar refractivity (Wildman–Crippen MR) is 78.4 cm³/mol. The van der Waals surface area contributed by atoms with Gasteiger partial charge in [0.05, 0.1) is 0 Å². The van der Waals surface area contributed by atoms with Crippen LogP contribution in [0.3, 0.4) is 0 Å². The zero-order valence-electron chi connectivity index (χ0n) is 11.9. The molecule has 0 amide bonds. The lowest BCUT2D eigenvalue weighted by atomic mass is 9.89. The Hall–Kier alpha value is -1.32. The van der Waals surface area contributed by atoms with E-state index in [1.807, 2.05) is 13.0 Å². The summed E-state index contributed by atoms with van der Waals surface area (Å²) in [4.78, 5) is 8.89. The molecule has 4 heteroatoms. The van der Waals surface area contributed by atoms with E-state index in [-0.39, 0.29) is 0 Å². The summed E-state index contributed by atoms with van der Waals surface area (Å²) in [6, 6.07) is 2.04. The van der Waals surface area contributed by atoms with Gasteiger partial charge in [-0.25, -0.2) is 4.98 Å². The monoisotopic (exact) mass is 260 g/mol. The highest BCUT2D eigenvalue weighted by atomic mass is 15.1. The van der Waals surface area contributed by atoms with Crippen LogP contribution in [0.15, 0.2) is 6.07 Å². The van der Waals surface area contributed by atoms with Crippen molar-refractivity contribution < 1.29 is 0 Å². The van der Waals surface area contributed by atoms with Gasteiger partial charge in [-0.05, 0) is 50.9 Å². The number of hydrogen-bond acceptors (Lipinski definition) is 4. The first kappa shape index (κ1) is 12.7. The summed E-state index contributed by atoms with van der Waals surface area (Å²) >= 11 is 0. The minimum Gasteiger partial charge on any atom is -0.370 e. The minimum atomic E-state index is 0.734. The molecule has 2 aliphatic carbocycles. The fourth-order valence-corrected chi connectivity index (χ4v) is 3.76. The molecule has 0 radical (unpaired) electrons. The van der Waals surface area contributed by atoms with Gasteiger partial charge >= 0.3 is 0 Å². The van der Waals surface area contributed by atoms with Crippen LogP contribution in [-0.4, -0.2) is 23.1 Å². The highest BCUT2D eigenvalue weighted by Crippen LogP contribution is 2.48. The molecule has 4 nitrogen and oxygen atoms in total. The van der Waals surface area contributed by atoms with Gasteiger partial charge in [0, 0.05) is 24.8 Å². The van der Waals surface area contributed by atoms with Crippen molar-refractivity contribution >= 4 is 11.8 Å². The smallest absolute Gasteiger partial charge is 0.224 e. The Kier molecular flexibility index (Phi) is 3.58. The van der Waals surface area contributed by atoms with Gasteiger partial charge < -0.3 is 10.6 Å². The summed E-state index contributed by atoms with van der Waals surface area (Å²) in [5.41, 5.74) is 1.02. The highest BCUT2D eigenvalue weighted by Gasteiger charge is 2.39. The maximum absolute atomic E-state index is 4.51. The molecule has 1 heterocycles. The zero-order chi connectivity index (χ0) is 13.2. The molecule has 0 aromatic carbocycles. The second-order valence-electron chi connectivity index (χ2n) is 6.06. The van der Waals surface area contributed by atoms with Crippen LogP contribution in [0.4, 0.5) is 11.8 Å². The van der Waals surface area contributed by atoms with Crippen LogP contribution in [0.5, 0.6) is 0 Å². The van der Waals surface area contributed by atoms with E-state index in [9.17, 15) is 0 Å². The number of anilines is 2. The van der Waals surface area contributed by atoms with Crippen LogP contribution < -0.4 is 10.6 Å². The van der Waals surface area contributed by atoms with Crippen molar-refractivity contribution in [2.45, 2.75) is 39.5 Å².